The summed E-state index contributed by atoms with van der Waals surface area (Å²) in [6, 6.07) is 5.64. The summed E-state index contributed by atoms with van der Waals surface area (Å²) in [6.07, 6.45) is 5.69. The lowest BCUT2D eigenvalue weighted by Crippen LogP contribution is -2.35. The number of nitriles is 1. The number of hydrogen-bond acceptors (Lipinski definition) is 7. The van der Waals surface area contributed by atoms with E-state index in [4.69, 9.17) is 18.2 Å². The SMILES string of the molecule is [C-]#[N+]c1cnc2c(NC3CC3)nc(Nc3cc(C#N)cc(N4CCCCC4=O)c3Cl)nn12. The van der Waals surface area contributed by atoms with E-state index in [0.29, 0.717) is 52.4 Å². The molecule has 2 fully saturated rings. The Morgan fingerprint density at radius 1 is 1.31 bits per heavy atom. The number of halogens is 1. The number of nitrogens with zero attached hydrogens (tertiary/aromatic N) is 7. The predicted molar refractivity (Wildman–Crippen MR) is 119 cm³/mol. The van der Waals surface area contributed by atoms with Gasteiger partial charge in [0.2, 0.25) is 5.91 Å². The molecule has 0 atom stereocenters. The molecule has 1 aliphatic carbocycles. The molecule has 3 aromatic rings. The van der Waals surface area contributed by atoms with E-state index in [2.05, 4.69) is 36.6 Å². The van der Waals surface area contributed by atoms with Crippen LogP contribution in [0.3, 0.4) is 0 Å². The summed E-state index contributed by atoms with van der Waals surface area (Å²) in [5.41, 5.74) is 1.71. The van der Waals surface area contributed by atoms with Crippen LogP contribution in [0.1, 0.15) is 37.7 Å². The third-order valence-corrected chi connectivity index (χ3v) is 5.82. The number of carbonyl (C=O) groups is 1. The number of carbonyl (C=O) groups excluding carboxylic acids is 1. The zero-order chi connectivity index (χ0) is 22.2. The Morgan fingerprint density at radius 3 is 2.88 bits per heavy atom. The van der Waals surface area contributed by atoms with E-state index in [-0.39, 0.29) is 17.7 Å². The van der Waals surface area contributed by atoms with Crippen molar-refractivity contribution < 1.29 is 4.79 Å². The van der Waals surface area contributed by atoms with Gasteiger partial charge in [-0.2, -0.15) is 10.2 Å². The van der Waals surface area contributed by atoms with Crippen LogP contribution in [0, 0.1) is 17.9 Å². The third-order valence-electron chi connectivity index (χ3n) is 5.42. The van der Waals surface area contributed by atoms with E-state index < -0.39 is 0 Å². The Labute approximate surface area is 188 Å². The molecule has 10 nitrogen and oxygen atoms in total. The number of aromatic nitrogens is 4. The summed E-state index contributed by atoms with van der Waals surface area (Å²) in [4.78, 5) is 26.3. The molecule has 1 aliphatic heterocycles. The van der Waals surface area contributed by atoms with Gasteiger partial charge in [0.15, 0.2) is 5.82 Å². The molecule has 32 heavy (non-hydrogen) atoms. The molecular weight excluding hydrogens is 430 g/mol. The fraction of sp³-hybridized carbons (Fsp3) is 0.333. The number of imidazole rings is 1. The first-order chi connectivity index (χ1) is 15.6. The first-order valence-corrected chi connectivity index (χ1v) is 10.7. The quantitative estimate of drug-likeness (QED) is 0.567. The van der Waals surface area contributed by atoms with E-state index in [0.717, 1.165) is 25.7 Å². The van der Waals surface area contributed by atoms with E-state index >= 15 is 0 Å². The summed E-state index contributed by atoms with van der Waals surface area (Å²) in [7, 11) is 0. The molecule has 0 radical (unpaired) electrons. The Balaban J connectivity index is 1.57. The van der Waals surface area contributed by atoms with Gasteiger partial charge in [0.05, 0.1) is 34.2 Å². The van der Waals surface area contributed by atoms with Crippen LogP contribution < -0.4 is 15.5 Å². The van der Waals surface area contributed by atoms with Crippen molar-refractivity contribution in [3.63, 3.8) is 0 Å². The number of hydrogen-bond donors (Lipinski definition) is 2. The minimum absolute atomic E-state index is 0.0205. The molecule has 0 unspecified atom stereocenters. The third kappa shape index (κ3) is 3.66. The monoisotopic (exact) mass is 447 g/mol. The average molecular weight is 448 g/mol. The topological polar surface area (TPSA) is 116 Å². The summed E-state index contributed by atoms with van der Waals surface area (Å²) in [6.45, 7) is 7.92. The van der Waals surface area contributed by atoms with Crippen LogP contribution in [0.15, 0.2) is 18.3 Å². The highest BCUT2D eigenvalue weighted by molar-refractivity contribution is 6.36. The maximum atomic E-state index is 12.4. The van der Waals surface area contributed by atoms with Crippen LogP contribution in [0.25, 0.3) is 10.5 Å². The average Bonchev–Trinajstić information content (AvgIpc) is 3.51. The minimum Gasteiger partial charge on any atom is -0.362 e. The van der Waals surface area contributed by atoms with Crippen LogP contribution in [-0.2, 0) is 4.79 Å². The number of nitrogens with one attached hydrogen (secondary N) is 2. The number of rotatable bonds is 5. The Kier molecular flexibility index (Phi) is 5.00. The van der Waals surface area contributed by atoms with Crippen LogP contribution in [0.4, 0.5) is 29.0 Å². The van der Waals surface area contributed by atoms with E-state index in [1.165, 1.54) is 10.7 Å². The zero-order valence-corrected chi connectivity index (χ0v) is 17.7. The summed E-state index contributed by atoms with van der Waals surface area (Å²) in [5, 5.41) is 20.6. The molecular formula is C21H18ClN9O. The van der Waals surface area contributed by atoms with Crippen molar-refractivity contribution >= 4 is 52.1 Å². The lowest BCUT2D eigenvalue weighted by atomic mass is 10.1. The number of anilines is 4. The molecule has 0 spiro atoms. The maximum absolute atomic E-state index is 12.4. The second-order valence-corrected chi connectivity index (χ2v) is 8.14. The highest BCUT2D eigenvalue weighted by Crippen LogP contribution is 2.37. The van der Waals surface area contributed by atoms with Gasteiger partial charge in [-0.25, -0.2) is 4.98 Å². The number of fused-ring (bicyclic) bond motifs is 1. The van der Waals surface area contributed by atoms with Crippen molar-refractivity contribution in [3.05, 3.63) is 40.3 Å². The van der Waals surface area contributed by atoms with Gasteiger partial charge < -0.3 is 20.4 Å². The minimum atomic E-state index is -0.0205. The smallest absolute Gasteiger partial charge is 0.275 e. The van der Waals surface area contributed by atoms with E-state index in [9.17, 15) is 10.1 Å². The number of piperidine rings is 1. The highest BCUT2D eigenvalue weighted by Gasteiger charge is 2.27. The first kappa shape index (κ1) is 20.0. The van der Waals surface area contributed by atoms with Gasteiger partial charge in [-0.05, 0) is 37.8 Å². The molecule has 3 heterocycles. The predicted octanol–water partition coefficient (Wildman–Crippen LogP) is 4.03. The fourth-order valence-electron chi connectivity index (χ4n) is 3.66. The molecule has 1 amide bonds. The first-order valence-electron chi connectivity index (χ1n) is 10.3. The second kappa shape index (κ2) is 7.98. The normalized spacial score (nSPS) is 16.0. The maximum Gasteiger partial charge on any atom is 0.275 e. The van der Waals surface area contributed by atoms with Crippen molar-refractivity contribution in [3.8, 4) is 6.07 Å². The molecule has 2 aliphatic rings. The van der Waals surface area contributed by atoms with Gasteiger partial charge in [0.25, 0.3) is 17.4 Å². The lowest BCUT2D eigenvalue weighted by molar-refractivity contribution is -0.119. The van der Waals surface area contributed by atoms with Crippen LogP contribution in [-0.4, -0.2) is 38.1 Å². The van der Waals surface area contributed by atoms with Crippen molar-refractivity contribution in [1.82, 2.24) is 19.6 Å². The van der Waals surface area contributed by atoms with E-state index in [1.54, 1.807) is 17.0 Å². The van der Waals surface area contributed by atoms with Gasteiger partial charge in [0, 0.05) is 19.0 Å². The molecule has 160 valence electrons. The van der Waals surface area contributed by atoms with Gasteiger partial charge in [-0.3, -0.25) is 4.79 Å². The van der Waals surface area contributed by atoms with Crippen LogP contribution in [0.5, 0.6) is 0 Å². The molecule has 1 aromatic carbocycles. The molecule has 1 saturated carbocycles. The van der Waals surface area contributed by atoms with Gasteiger partial charge in [0.1, 0.15) is 0 Å². The molecule has 1 saturated heterocycles. The summed E-state index contributed by atoms with van der Waals surface area (Å²) >= 11 is 6.67. The highest BCUT2D eigenvalue weighted by atomic mass is 35.5. The van der Waals surface area contributed by atoms with Crippen molar-refractivity contribution in [2.24, 2.45) is 0 Å². The van der Waals surface area contributed by atoms with Gasteiger partial charge >= 0.3 is 0 Å². The van der Waals surface area contributed by atoms with Crippen LogP contribution >= 0.6 is 11.6 Å². The van der Waals surface area contributed by atoms with Crippen molar-refractivity contribution in [2.45, 2.75) is 38.1 Å². The standard InChI is InChI=1S/C21H18ClN9O/c1-24-16-11-25-20-19(26-13-5-6-13)28-21(29-31(16)20)27-14-8-12(10-23)9-15(18(14)22)30-7-3-2-4-17(30)32/h8-9,11,13H,2-7H2,(H2,26,27,28,29). The molecule has 5 rings (SSSR count). The summed E-state index contributed by atoms with van der Waals surface area (Å²) in [5.74, 6) is 0.934. The van der Waals surface area contributed by atoms with Crippen molar-refractivity contribution in [1.29, 1.82) is 5.26 Å². The summed E-state index contributed by atoms with van der Waals surface area (Å²) < 4.78 is 1.42. The zero-order valence-electron chi connectivity index (χ0n) is 17.0. The Morgan fingerprint density at radius 2 is 2.16 bits per heavy atom. The molecule has 0 bridgehead atoms. The number of amides is 1. The molecule has 11 heteroatoms. The lowest BCUT2D eigenvalue weighted by Gasteiger charge is -2.28. The van der Waals surface area contributed by atoms with E-state index in [1.807, 2.05) is 0 Å². The molecule has 2 N–H and O–H groups in total. The van der Waals surface area contributed by atoms with Gasteiger partial charge in [-0.15, -0.1) is 4.52 Å². The fourth-order valence-corrected chi connectivity index (χ4v) is 3.92. The molecule has 2 aromatic heterocycles. The Hall–Kier alpha value is -3.89. The second-order valence-electron chi connectivity index (χ2n) is 7.76. The van der Waals surface area contributed by atoms with Gasteiger partial charge in [-0.1, -0.05) is 23.3 Å². The van der Waals surface area contributed by atoms with Crippen LogP contribution in [0.2, 0.25) is 5.02 Å². The Bertz CT molecular complexity index is 1320. The van der Waals surface area contributed by atoms with Crippen molar-refractivity contribution in [2.75, 3.05) is 22.1 Å². The number of benzene rings is 1. The largest absolute Gasteiger partial charge is 0.362 e.